The van der Waals surface area contributed by atoms with Gasteiger partial charge in [0.25, 0.3) is 0 Å². The van der Waals surface area contributed by atoms with E-state index < -0.39 is 0 Å². The van der Waals surface area contributed by atoms with Gasteiger partial charge in [0.15, 0.2) is 0 Å². The van der Waals surface area contributed by atoms with Crippen molar-refractivity contribution >= 4 is 16.8 Å². The highest BCUT2D eigenvalue weighted by Gasteiger charge is 2.08. The Kier molecular flexibility index (Phi) is 1.92. The van der Waals surface area contributed by atoms with Crippen molar-refractivity contribution < 1.29 is 4.79 Å². The van der Waals surface area contributed by atoms with Crippen LogP contribution in [0.5, 0.6) is 0 Å². The van der Waals surface area contributed by atoms with Gasteiger partial charge in [-0.1, -0.05) is 11.6 Å². The fraction of sp³-hybridized carbons (Fsp3) is 0.250. The van der Waals surface area contributed by atoms with Gasteiger partial charge in [-0.15, -0.1) is 0 Å². The molecule has 0 saturated heterocycles. The van der Waals surface area contributed by atoms with Gasteiger partial charge in [-0.2, -0.15) is 0 Å². The lowest BCUT2D eigenvalue weighted by molar-refractivity contribution is 0.0940. The number of benzene rings is 1. The summed E-state index contributed by atoms with van der Waals surface area (Å²) < 4.78 is 1.74. The zero-order chi connectivity index (χ0) is 10.3. The van der Waals surface area contributed by atoms with Crippen LogP contribution in [0, 0.1) is 13.8 Å². The zero-order valence-corrected chi connectivity index (χ0v) is 8.66. The van der Waals surface area contributed by atoms with E-state index >= 15 is 0 Å². The minimum absolute atomic E-state index is 0.0707. The summed E-state index contributed by atoms with van der Waals surface area (Å²) in [5.41, 5.74) is 3.22. The Labute approximate surface area is 83.2 Å². The van der Waals surface area contributed by atoms with Crippen molar-refractivity contribution in [1.82, 2.24) is 4.57 Å². The maximum absolute atomic E-state index is 11.4. The van der Waals surface area contributed by atoms with E-state index in [1.54, 1.807) is 11.5 Å². The van der Waals surface area contributed by atoms with E-state index in [-0.39, 0.29) is 5.91 Å². The molecule has 0 fully saturated rings. The molecule has 0 aliphatic rings. The second kappa shape index (κ2) is 2.98. The minimum atomic E-state index is 0.0707. The van der Waals surface area contributed by atoms with Crippen LogP contribution < -0.4 is 0 Å². The zero-order valence-electron chi connectivity index (χ0n) is 8.66. The molecule has 2 rings (SSSR count). The van der Waals surface area contributed by atoms with Crippen molar-refractivity contribution in [1.29, 1.82) is 0 Å². The molecule has 2 heteroatoms. The summed E-state index contributed by atoms with van der Waals surface area (Å²) in [5, 5.41) is 1.14. The predicted octanol–water partition coefficient (Wildman–Crippen LogP) is 2.92. The van der Waals surface area contributed by atoms with Gasteiger partial charge in [0, 0.05) is 18.0 Å². The average molecular weight is 187 g/mol. The number of hydrogen-bond donors (Lipinski definition) is 0. The normalized spacial score (nSPS) is 10.8. The molecule has 0 aliphatic heterocycles. The van der Waals surface area contributed by atoms with Crippen molar-refractivity contribution in [2.24, 2.45) is 0 Å². The molecule has 1 aromatic carbocycles. The number of carbonyl (C=O) groups excluding carboxylic acids is 1. The lowest BCUT2D eigenvalue weighted by atomic mass is 10.2. The molecular formula is C12H13NO. The molecule has 0 spiro atoms. The van der Waals surface area contributed by atoms with Gasteiger partial charge in [0.2, 0.25) is 5.91 Å². The van der Waals surface area contributed by atoms with E-state index in [1.165, 1.54) is 5.56 Å². The quantitative estimate of drug-likeness (QED) is 0.621. The van der Waals surface area contributed by atoms with Gasteiger partial charge < -0.3 is 0 Å². The molecule has 1 heterocycles. The molecule has 2 aromatic rings. The van der Waals surface area contributed by atoms with Gasteiger partial charge in [-0.05, 0) is 32.0 Å². The third-order valence-electron chi connectivity index (χ3n) is 2.46. The fourth-order valence-corrected chi connectivity index (χ4v) is 1.89. The molecule has 0 N–H and O–H groups in total. The molecule has 0 radical (unpaired) electrons. The monoisotopic (exact) mass is 187 g/mol. The Balaban J connectivity index is 2.84. The van der Waals surface area contributed by atoms with Gasteiger partial charge in [-0.25, -0.2) is 0 Å². The highest BCUT2D eigenvalue weighted by molar-refractivity contribution is 5.93. The van der Waals surface area contributed by atoms with Crippen LogP contribution in [0.4, 0.5) is 0 Å². The average Bonchev–Trinajstić information content (AvgIpc) is 2.39. The predicted molar refractivity (Wildman–Crippen MR) is 57.7 cm³/mol. The molecule has 0 saturated carbocycles. The van der Waals surface area contributed by atoms with Crippen LogP contribution in [0.1, 0.15) is 23.0 Å². The first-order valence-corrected chi connectivity index (χ1v) is 4.69. The van der Waals surface area contributed by atoms with Gasteiger partial charge >= 0.3 is 0 Å². The van der Waals surface area contributed by atoms with E-state index in [0.29, 0.717) is 0 Å². The maximum Gasteiger partial charge on any atom is 0.228 e. The van der Waals surface area contributed by atoms with Crippen molar-refractivity contribution in [3.8, 4) is 0 Å². The maximum atomic E-state index is 11.4. The first-order chi connectivity index (χ1) is 6.59. The summed E-state index contributed by atoms with van der Waals surface area (Å²) >= 11 is 0. The summed E-state index contributed by atoms with van der Waals surface area (Å²) in [7, 11) is 0. The van der Waals surface area contributed by atoms with Crippen LogP contribution in [0.3, 0.4) is 0 Å². The molecule has 1 aromatic heterocycles. The number of rotatable bonds is 0. The third-order valence-corrected chi connectivity index (χ3v) is 2.46. The molecule has 0 atom stereocenters. The molecular weight excluding hydrogens is 174 g/mol. The summed E-state index contributed by atoms with van der Waals surface area (Å²) in [6, 6.07) is 8.17. The number of hydrogen-bond acceptors (Lipinski definition) is 1. The minimum Gasteiger partial charge on any atom is -0.285 e. The molecule has 0 bridgehead atoms. The Morgan fingerprint density at radius 3 is 2.57 bits per heavy atom. The molecule has 0 aliphatic carbocycles. The molecule has 14 heavy (non-hydrogen) atoms. The fourth-order valence-electron chi connectivity index (χ4n) is 1.89. The number of fused-ring (bicyclic) bond motifs is 1. The first kappa shape index (κ1) is 9.00. The Hall–Kier alpha value is -1.57. The number of aromatic nitrogens is 1. The van der Waals surface area contributed by atoms with Crippen molar-refractivity contribution in [2.45, 2.75) is 20.8 Å². The van der Waals surface area contributed by atoms with Crippen LogP contribution in [-0.4, -0.2) is 10.5 Å². The molecule has 0 unspecified atom stereocenters. The van der Waals surface area contributed by atoms with E-state index in [1.807, 2.05) is 25.1 Å². The van der Waals surface area contributed by atoms with Crippen LogP contribution in [0.2, 0.25) is 0 Å². The first-order valence-electron chi connectivity index (χ1n) is 4.69. The summed E-state index contributed by atoms with van der Waals surface area (Å²) in [4.78, 5) is 11.4. The lowest BCUT2D eigenvalue weighted by Crippen LogP contribution is -2.06. The second-order valence-electron chi connectivity index (χ2n) is 3.70. The van der Waals surface area contributed by atoms with Crippen molar-refractivity contribution in [3.63, 3.8) is 0 Å². The van der Waals surface area contributed by atoms with Crippen LogP contribution in [0.15, 0.2) is 24.3 Å². The SMILES string of the molecule is CC(=O)n1c(C)cc2cc(C)ccc21. The second-order valence-corrected chi connectivity index (χ2v) is 3.70. The third kappa shape index (κ3) is 1.23. The summed E-state index contributed by atoms with van der Waals surface area (Å²) in [5.74, 6) is 0.0707. The van der Waals surface area contributed by atoms with E-state index in [9.17, 15) is 4.79 Å². The highest BCUT2D eigenvalue weighted by Crippen LogP contribution is 2.20. The topological polar surface area (TPSA) is 22.0 Å². The Morgan fingerprint density at radius 1 is 1.21 bits per heavy atom. The Morgan fingerprint density at radius 2 is 1.93 bits per heavy atom. The standard InChI is InChI=1S/C12H13NO/c1-8-4-5-12-11(6-8)7-9(2)13(12)10(3)14/h4-7H,1-3H3. The van der Waals surface area contributed by atoms with Crippen LogP contribution in [-0.2, 0) is 0 Å². The molecule has 2 nitrogen and oxygen atoms in total. The Bertz CT molecular complexity index is 508. The highest BCUT2D eigenvalue weighted by atomic mass is 16.1. The van der Waals surface area contributed by atoms with Crippen LogP contribution in [0.25, 0.3) is 10.9 Å². The number of carbonyl (C=O) groups is 1. The van der Waals surface area contributed by atoms with Crippen LogP contribution >= 0.6 is 0 Å². The van der Waals surface area contributed by atoms with E-state index in [2.05, 4.69) is 13.0 Å². The van der Waals surface area contributed by atoms with E-state index in [4.69, 9.17) is 0 Å². The van der Waals surface area contributed by atoms with Gasteiger partial charge in [0.1, 0.15) is 0 Å². The number of aryl methyl sites for hydroxylation is 2. The molecule has 72 valence electrons. The molecule has 0 amide bonds. The van der Waals surface area contributed by atoms with E-state index in [0.717, 1.165) is 16.6 Å². The summed E-state index contributed by atoms with van der Waals surface area (Å²) in [6.45, 7) is 5.60. The van der Waals surface area contributed by atoms with Gasteiger partial charge in [-0.3, -0.25) is 9.36 Å². The summed E-state index contributed by atoms with van der Waals surface area (Å²) in [6.07, 6.45) is 0. The van der Waals surface area contributed by atoms with Crippen molar-refractivity contribution in [2.75, 3.05) is 0 Å². The van der Waals surface area contributed by atoms with Gasteiger partial charge in [0.05, 0.1) is 5.52 Å². The smallest absolute Gasteiger partial charge is 0.228 e. The lowest BCUT2D eigenvalue weighted by Gasteiger charge is -2.02. The van der Waals surface area contributed by atoms with Crippen molar-refractivity contribution in [3.05, 3.63) is 35.5 Å². The number of nitrogens with zero attached hydrogens (tertiary/aromatic N) is 1. The largest absolute Gasteiger partial charge is 0.285 e.